The molecule has 0 unspecified atom stereocenters. The van der Waals surface area contributed by atoms with Crippen LogP contribution in [0, 0.1) is 6.92 Å². The number of nitrogens with two attached hydrogens (primary N) is 1. The maximum absolute atomic E-state index is 12.3. The number of nitrogens with one attached hydrogen (secondary N) is 2. The Hall–Kier alpha value is -2.53. The molecule has 0 saturated heterocycles. The molecular weight excluding hydrogens is 266 g/mol. The zero-order chi connectivity index (χ0) is 15.2. The smallest absolute Gasteiger partial charge is 0.257 e. The minimum atomic E-state index is -0.216. The molecule has 2 aromatic carbocycles. The Kier molecular flexibility index (Phi) is 4.79. The van der Waals surface area contributed by atoms with Crippen LogP contribution in [0.3, 0.4) is 0 Å². The molecule has 0 atom stereocenters. The second-order valence-corrected chi connectivity index (χ2v) is 4.60. The Morgan fingerprint density at radius 3 is 2.52 bits per heavy atom. The number of carbonyl (C=O) groups excluding carboxylic acids is 1. The SMILES string of the molecule is CCOc1ccc(NC(=O)c2ccc(C)cc2NN)cc1. The normalized spacial score (nSPS) is 10.0. The van der Waals surface area contributed by atoms with E-state index in [2.05, 4.69) is 10.7 Å². The topological polar surface area (TPSA) is 76.4 Å². The molecule has 0 aromatic heterocycles. The van der Waals surface area contributed by atoms with Crippen LogP contribution in [0.4, 0.5) is 11.4 Å². The maximum Gasteiger partial charge on any atom is 0.257 e. The number of amides is 1. The van der Waals surface area contributed by atoms with E-state index in [1.807, 2.05) is 38.1 Å². The average Bonchev–Trinajstić information content (AvgIpc) is 2.49. The van der Waals surface area contributed by atoms with Crippen LogP contribution in [0.5, 0.6) is 5.75 Å². The molecule has 0 saturated carbocycles. The largest absolute Gasteiger partial charge is 0.494 e. The lowest BCUT2D eigenvalue weighted by molar-refractivity contribution is 0.102. The summed E-state index contributed by atoms with van der Waals surface area (Å²) in [6, 6.07) is 12.7. The van der Waals surface area contributed by atoms with Gasteiger partial charge < -0.3 is 15.5 Å². The van der Waals surface area contributed by atoms with Crippen LogP contribution >= 0.6 is 0 Å². The van der Waals surface area contributed by atoms with Gasteiger partial charge in [0.2, 0.25) is 0 Å². The third kappa shape index (κ3) is 3.73. The summed E-state index contributed by atoms with van der Waals surface area (Å²) in [5.74, 6) is 6.02. The van der Waals surface area contributed by atoms with Gasteiger partial charge in [-0.1, -0.05) is 6.07 Å². The van der Waals surface area contributed by atoms with Gasteiger partial charge in [-0.15, -0.1) is 0 Å². The number of benzene rings is 2. The third-order valence-corrected chi connectivity index (χ3v) is 3.00. The lowest BCUT2D eigenvalue weighted by Gasteiger charge is -2.11. The van der Waals surface area contributed by atoms with E-state index in [0.717, 1.165) is 11.3 Å². The van der Waals surface area contributed by atoms with Gasteiger partial charge in [-0.25, -0.2) is 0 Å². The van der Waals surface area contributed by atoms with Crippen LogP contribution in [0.2, 0.25) is 0 Å². The Labute approximate surface area is 124 Å². The third-order valence-electron chi connectivity index (χ3n) is 3.00. The number of hydrazine groups is 1. The van der Waals surface area contributed by atoms with E-state index < -0.39 is 0 Å². The van der Waals surface area contributed by atoms with E-state index in [-0.39, 0.29) is 5.91 Å². The fraction of sp³-hybridized carbons (Fsp3) is 0.188. The number of aryl methyl sites for hydroxylation is 1. The average molecular weight is 285 g/mol. The van der Waals surface area contributed by atoms with Gasteiger partial charge in [0.05, 0.1) is 17.9 Å². The summed E-state index contributed by atoms with van der Waals surface area (Å²) in [5.41, 5.74) is 5.37. The number of anilines is 2. The standard InChI is InChI=1S/C16H19N3O2/c1-3-21-13-7-5-12(6-8-13)18-16(20)14-9-4-11(2)10-15(14)19-17/h4-10,19H,3,17H2,1-2H3,(H,18,20). The van der Waals surface area contributed by atoms with Crippen molar-refractivity contribution in [2.45, 2.75) is 13.8 Å². The number of nitrogen functional groups attached to an aromatic ring is 1. The molecule has 1 amide bonds. The van der Waals surface area contributed by atoms with Crippen molar-refractivity contribution in [2.24, 2.45) is 5.84 Å². The number of hydrogen-bond donors (Lipinski definition) is 3. The Balaban J connectivity index is 2.14. The molecule has 21 heavy (non-hydrogen) atoms. The summed E-state index contributed by atoms with van der Waals surface area (Å²) < 4.78 is 5.36. The van der Waals surface area contributed by atoms with E-state index in [4.69, 9.17) is 10.6 Å². The van der Waals surface area contributed by atoms with Crippen molar-refractivity contribution in [1.29, 1.82) is 0 Å². The van der Waals surface area contributed by atoms with E-state index in [0.29, 0.717) is 23.5 Å². The molecule has 0 aliphatic carbocycles. The van der Waals surface area contributed by atoms with Gasteiger partial charge in [0.15, 0.2) is 0 Å². The van der Waals surface area contributed by atoms with Crippen molar-refractivity contribution < 1.29 is 9.53 Å². The van der Waals surface area contributed by atoms with Gasteiger partial charge in [-0.3, -0.25) is 10.6 Å². The molecule has 0 heterocycles. The monoisotopic (exact) mass is 285 g/mol. The van der Waals surface area contributed by atoms with Gasteiger partial charge in [-0.05, 0) is 55.8 Å². The minimum Gasteiger partial charge on any atom is -0.494 e. The summed E-state index contributed by atoms with van der Waals surface area (Å²) in [6.07, 6.45) is 0. The molecule has 5 heteroatoms. The first kappa shape index (κ1) is 14.9. The number of carbonyl (C=O) groups is 1. The molecular formula is C16H19N3O2. The van der Waals surface area contributed by atoms with Gasteiger partial charge in [0.1, 0.15) is 5.75 Å². The lowest BCUT2D eigenvalue weighted by Crippen LogP contribution is -2.17. The first-order valence-corrected chi connectivity index (χ1v) is 6.75. The van der Waals surface area contributed by atoms with Crippen LogP contribution in [-0.4, -0.2) is 12.5 Å². The molecule has 0 radical (unpaired) electrons. The molecule has 5 nitrogen and oxygen atoms in total. The zero-order valence-electron chi connectivity index (χ0n) is 12.1. The Morgan fingerprint density at radius 1 is 1.19 bits per heavy atom. The highest BCUT2D eigenvalue weighted by Crippen LogP contribution is 2.20. The van der Waals surface area contributed by atoms with Crippen molar-refractivity contribution >= 4 is 17.3 Å². The zero-order valence-corrected chi connectivity index (χ0v) is 12.1. The maximum atomic E-state index is 12.3. The molecule has 2 rings (SSSR count). The number of hydrogen-bond acceptors (Lipinski definition) is 4. The van der Waals surface area contributed by atoms with E-state index in [9.17, 15) is 4.79 Å². The van der Waals surface area contributed by atoms with Crippen LogP contribution in [0.1, 0.15) is 22.8 Å². The summed E-state index contributed by atoms with van der Waals surface area (Å²) in [7, 11) is 0. The summed E-state index contributed by atoms with van der Waals surface area (Å²) in [4.78, 5) is 12.3. The van der Waals surface area contributed by atoms with Crippen molar-refractivity contribution in [3.05, 3.63) is 53.6 Å². The highest BCUT2D eigenvalue weighted by Gasteiger charge is 2.11. The van der Waals surface area contributed by atoms with Crippen LogP contribution in [-0.2, 0) is 0 Å². The molecule has 2 aromatic rings. The molecule has 4 N–H and O–H groups in total. The lowest BCUT2D eigenvalue weighted by atomic mass is 10.1. The predicted octanol–water partition coefficient (Wildman–Crippen LogP) is 2.93. The van der Waals surface area contributed by atoms with Crippen LogP contribution < -0.4 is 21.3 Å². The van der Waals surface area contributed by atoms with Gasteiger partial charge >= 0.3 is 0 Å². The predicted molar refractivity (Wildman–Crippen MR) is 84.6 cm³/mol. The first-order chi connectivity index (χ1) is 10.1. The van der Waals surface area contributed by atoms with E-state index in [1.165, 1.54) is 0 Å². The fourth-order valence-corrected chi connectivity index (χ4v) is 1.98. The van der Waals surface area contributed by atoms with Gasteiger partial charge in [0, 0.05) is 5.69 Å². The molecule has 0 spiro atoms. The van der Waals surface area contributed by atoms with Crippen molar-refractivity contribution in [3.8, 4) is 5.75 Å². The van der Waals surface area contributed by atoms with Crippen molar-refractivity contribution in [1.82, 2.24) is 0 Å². The number of rotatable bonds is 5. The van der Waals surface area contributed by atoms with Crippen LogP contribution in [0.25, 0.3) is 0 Å². The first-order valence-electron chi connectivity index (χ1n) is 6.75. The second kappa shape index (κ2) is 6.76. The Bertz CT molecular complexity index is 624. The molecule has 110 valence electrons. The summed E-state index contributed by atoms with van der Waals surface area (Å²) in [6.45, 7) is 4.48. The highest BCUT2D eigenvalue weighted by atomic mass is 16.5. The van der Waals surface area contributed by atoms with Gasteiger partial charge in [-0.2, -0.15) is 0 Å². The van der Waals surface area contributed by atoms with Crippen molar-refractivity contribution in [3.63, 3.8) is 0 Å². The van der Waals surface area contributed by atoms with Gasteiger partial charge in [0.25, 0.3) is 5.91 Å². The molecule has 0 bridgehead atoms. The highest BCUT2D eigenvalue weighted by molar-refractivity contribution is 6.08. The minimum absolute atomic E-state index is 0.216. The molecule has 0 fully saturated rings. The Morgan fingerprint density at radius 2 is 1.90 bits per heavy atom. The number of ether oxygens (including phenoxy) is 1. The summed E-state index contributed by atoms with van der Waals surface area (Å²) >= 11 is 0. The van der Waals surface area contributed by atoms with Crippen molar-refractivity contribution in [2.75, 3.05) is 17.3 Å². The molecule has 0 aliphatic heterocycles. The van der Waals surface area contributed by atoms with E-state index >= 15 is 0 Å². The van der Waals surface area contributed by atoms with Crippen LogP contribution in [0.15, 0.2) is 42.5 Å². The summed E-state index contributed by atoms with van der Waals surface area (Å²) in [5, 5.41) is 2.83. The molecule has 0 aliphatic rings. The fourth-order valence-electron chi connectivity index (χ4n) is 1.98. The second-order valence-electron chi connectivity index (χ2n) is 4.60. The van der Waals surface area contributed by atoms with E-state index in [1.54, 1.807) is 18.2 Å². The quantitative estimate of drug-likeness (QED) is 0.583.